The molecule has 0 nitrogen and oxygen atoms in total. The van der Waals surface area contributed by atoms with Crippen LogP contribution in [-0.4, -0.2) is 11.8 Å². The number of aryl methyl sites for hydroxylation is 1. The summed E-state index contributed by atoms with van der Waals surface area (Å²) in [6.07, 6.45) is 8.73. The summed E-state index contributed by atoms with van der Waals surface area (Å²) in [6.45, 7) is 4.55. The Labute approximate surface area is 101 Å². The van der Waals surface area contributed by atoms with Gasteiger partial charge in [0.2, 0.25) is 0 Å². The van der Waals surface area contributed by atoms with Gasteiger partial charge in [0.15, 0.2) is 0 Å². The van der Waals surface area contributed by atoms with Crippen molar-refractivity contribution in [1.82, 2.24) is 0 Å². The maximum absolute atomic E-state index is 2.38. The second kappa shape index (κ2) is 5.82. The van der Waals surface area contributed by atoms with Gasteiger partial charge in [-0.25, -0.2) is 0 Å². The van der Waals surface area contributed by atoms with Crippen molar-refractivity contribution in [3.8, 4) is 0 Å². The molecule has 1 fully saturated rings. The summed E-state index contributed by atoms with van der Waals surface area (Å²) in [4.78, 5) is 0. The van der Waals surface area contributed by atoms with Crippen LogP contribution in [0.3, 0.4) is 0 Å². The van der Waals surface area contributed by atoms with Gasteiger partial charge < -0.3 is 0 Å². The molecule has 0 N–H and O–H groups in total. The number of rotatable bonds is 3. The van der Waals surface area contributed by atoms with Crippen molar-refractivity contribution >= 4 is 13.2 Å². The standard InChI is InChI=1S/C15H23P/c1-3-16(14-7-5-4-6-8-14)15-11-9-13(2)10-12-15/h9-12,14H,3-8H2,1-2H3. The first-order valence-corrected chi connectivity index (χ1v) is 8.24. The summed E-state index contributed by atoms with van der Waals surface area (Å²) >= 11 is 0. The Kier molecular flexibility index (Phi) is 4.41. The van der Waals surface area contributed by atoms with Gasteiger partial charge in [-0.15, -0.1) is 0 Å². The van der Waals surface area contributed by atoms with Crippen molar-refractivity contribution in [1.29, 1.82) is 0 Å². The molecule has 0 spiro atoms. The second-order valence-corrected chi connectivity index (χ2v) is 7.73. The van der Waals surface area contributed by atoms with Crippen LogP contribution >= 0.6 is 7.92 Å². The maximum atomic E-state index is 2.38. The van der Waals surface area contributed by atoms with Crippen molar-refractivity contribution < 1.29 is 0 Å². The first-order chi connectivity index (χ1) is 7.81. The van der Waals surface area contributed by atoms with Gasteiger partial charge in [0.05, 0.1) is 0 Å². The monoisotopic (exact) mass is 234 g/mol. The number of benzene rings is 1. The lowest BCUT2D eigenvalue weighted by Gasteiger charge is -2.30. The number of hydrogen-bond donors (Lipinski definition) is 0. The smallest absolute Gasteiger partial charge is 0.0169 e. The molecule has 88 valence electrons. The zero-order valence-corrected chi connectivity index (χ0v) is 11.5. The summed E-state index contributed by atoms with van der Waals surface area (Å²) in [5.74, 6) is 0. The van der Waals surface area contributed by atoms with E-state index in [0.717, 1.165) is 5.66 Å². The minimum atomic E-state index is 0.116. The maximum Gasteiger partial charge on any atom is -0.0169 e. The molecule has 1 aliphatic rings. The molecule has 1 heteroatoms. The van der Waals surface area contributed by atoms with E-state index in [-0.39, 0.29) is 7.92 Å². The average molecular weight is 234 g/mol. The summed E-state index contributed by atoms with van der Waals surface area (Å²) in [5, 5.41) is 1.63. The third kappa shape index (κ3) is 2.86. The molecule has 16 heavy (non-hydrogen) atoms. The fourth-order valence-corrected chi connectivity index (χ4v) is 5.60. The Bertz CT molecular complexity index is 309. The van der Waals surface area contributed by atoms with E-state index in [2.05, 4.69) is 38.1 Å². The Morgan fingerprint density at radius 2 is 1.69 bits per heavy atom. The minimum absolute atomic E-state index is 0.116. The zero-order chi connectivity index (χ0) is 11.4. The molecular weight excluding hydrogens is 211 g/mol. The molecule has 1 aliphatic carbocycles. The highest BCUT2D eigenvalue weighted by atomic mass is 31.1. The molecule has 0 radical (unpaired) electrons. The lowest BCUT2D eigenvalue weighted by Crippen LogP contribution is -2.18. The molecule has 0 amide bonds. The fraction of sp³-hybridized carbons (Fsp3) is 0.600. The van der Waals surface area contributed by atoms with Crippen LogP contribution in [0.4, 0.5) is 0 Å². The van der Waals surface area contributed by atoms with E-state index in [1.165, 1.54) is 43.8 Å². The Hall–Kier alpha value is -0.350. The van der Waals surface area contributed by atoms with E-state index in [9.17, 15) is 0 Å². The molecule has 0 heterocycles. The van der Waals surface area contributed by atoms with E-state index >= 15 is 0 Å². The van der Waals surface area contributed by atoms with Gasteiger partial charge in [-0.05, 0) is 36.9 Å². The summed E-state index contributed by atoms with van der Waals surface area (Å²) in [5.41, 5.74) is 2.40. The Morgan fingerprint density at radius 3 is 2.25 bits per heavy atom. The van der Waals surface area contributed by atoms with Gasteiger partial charge in [0, 0.05) is 0 Å². The lowest BCUT2D eigenvalue weighted by molar-refractivity contribution is 0.512. The van der Waals surface area contributed by atoms with Gasteiger partial charge in [-0.1, -0.05) is 63.9 Å². The van der Waals surface area contributed by atoms with Gasteiger partial charge in [0.1, 0.15) is 0 Å². The molecule has 1 atom stereocenters. The Balaban J connectivity index is 2.11. The van der Waals surface area contributed by atoms with Crippen LogP contribution in [0.2, 0.25) is 0 Å². The highest BCUT2D eigenvalue weighted by molar-refractivity contribution is 7.66. The predicted octanol–water partition coefficient (Wildman–Crippen LogP) is 4.45. The van der Waals surface area contributed by atoms with Crippen LogP contribution in [0.25, 0.3) is 0 Å². The lowest BCUT2D eigenvalue weighted by atomic mass is 10.0. The second-order valence-electron chi connectivity index (χ2n) is 4.91. The topological polar surface area (TPSA) is 0 Å². The average Bonchev–Trinajstić information content (AvgIpc) is 2.34. The molecule has 1 saturated carbocycles. The van der Waals surface area contributed by atoms with Gasteiger partial charge in [-0.2, -0.15) is 0 Å². The molecule has 0 saturated heterocycles. The van der Waals surface area contributed by atoms with E-state index < -0.39 is 0 Å². The van der Waals surface area contributed by atoms with E-state index in [1.54, 1.807) is 5.30 Å². The molecule has 1 aromatic carbocycles. The molecule has 2 rings (SSSR count). The first-order valence-electron chi connectivity index (χ1n) is 6.64. The molecule has 0 aliphatic heterocycles. The molecule has 1 unspecified atom stereocenters. The van der Waals surface area contributed by atoms with Crippen LogP contribution in [-0.2, 0) is 0 Å². The van der Waals surface area contributed by atoms with E-state index in [4.69, 9.17) is 0 Å². The van der Waals surface area contributed by atoms with Crippen LogP contribution in [0, 0.1) is 6.92 Å². The van der Waals surface area contributed by atoms with Crippen LogP contribution in [0.5, 0.6) is 0 Å². The van der Waals surface area contributed by atoms with Gasteiger partial charge in [0.25, 0.3) is 0 Å². The molecular formula is C15H23P. The van der Waals surface area contributed by atoms with E-state index in [0.29, 0.717) is 0 Å². The minimum Gasteiger partial charge on any atom is -0.0724 e. The van der Waals surface area contributed by atoms with Crippen LogP contribution in [0.1, 0.15) is 44.6 Å². The van der Waals surface area contributed by atoms with E-state index in [1.807, 2.05) is 0 Å². The van der Waals surface area contributed by atoms with Crippen molar-refractivity contribution in [3.63, 3.8) is 0 Å². The molecule has 0 aromatic heterocycles. The number of hydrogen-bond acceptors (Lipinski definition) is 0. The Morgan fingerprint density at radius 1 is 1.06 bits per heavy atom. The van der Waals surface area contributed by atoms with Gasteiger partial charge in [-0.3, -0.25) is 0 Å². The van der Waals surface area contributed by atoms with Crippen molar-refractivity contribution in [2.75, 3.05) is 6.16 Å². The largest absolute Gasteiger partial charge is 0.0724 e. The highest BCUT2D eigenvalue weighted by Crippen LogP contribution is 2.46. The summed E-state index contributed by atoms with van der Waals surface area (Å²) < 4.78 is 0. The SMILES string of the molecule is CCP(c1ccc(C)cc1)C1CCCCC1. The fourth-order valence-electron chi connectivity index (χ4n) is 2.78. The predicted molar refractivity (Wildman–Crippen MR) is 75.1 cm³/mol. The zero-order valence-electron chi connectivity index (χ0n) is 10.6. The normalized spacial score (nSPS) is 19.6. The van der Waals surface area contributed by atoms with Crippen molar-refractivity contribution in [2.45, 2.75) is 51.6 Å². The summed E-state index contributed by atoms with van der Waals surface area (Å²) in [6, 6.07) is 9.31. The van der Waals surface area contributed by atoms with Crippen molar-refractivity contribution in [3.05, 3.63) is 29.8 Å². The molecule has 0 bridgehead atoms. The first kappa shape index (κ1) is 12.1. The third-order valence-corrected chi connectivity index (χ3v) is 6.76. The highest BCUT2D eigenvalue weighted by Gasteiger charge is 2.22. The third-order valence-electron chi connectivity index (χ3n) is 3.72. The van der Waals surface area contributed by atoms with Crippen molar-refractivity contribution in [2.24, 2.45) is 0 Å². The van der Waals surface area contributed by atoms with Crippen LogP contribution < -0.4 is 5.30 Å². The van der Waals surface area contributed by atoms with Crippen LogP contribution in [0.15, 0.2) is 24.3 Å². The van der Waals surface area contributed by atoms with Gasteiger partial charge >= 0.3 is 0 Å². The molecule has 1 aromatic rings. The summed E-state index contributed by atoms with van der Waals surface area (Å²) in [7, 11) is 0.116. The quantitative estimate of drug-likeness (QED) is 0.677.